The van der Waals surface area contributed by atoms with Crippen LogP contribution in [0, 0.1) is 0 Å². The van der Waals surface area contributed by atoms with E-state index in [9.17, 15) is 4.79 Å². The predicted molar refractivity (Wildman–Crippen MR) is 64.9 cm³/mol. The summed E-state index contributed by atoms with van der Waals surface area (Å²) >= 11 is 1.54. The molecular formula is C10H22N2O2S. The second-order valence-corrected chi connectivity index (χ2v) is 5.56. The number of aliphatic hydroxyl groups excluding tert-OH is 1. The summed E-state index contributed by atoms with van der Waals surface area (Å²) in [6.45, 7) is 5.58. The number of nitrogens with two attached hydrogens (primary N) is 1. The number of amides is 1. The van der Waals surface area contributed by atoms with E-state index in [1.165, 1.54) is 0 Å². The molecule has 90 valence electrons. The molecule has 0 rings (SSSR count). The van der Waals surface area contributed by atoms with Gasteiger partial charge in [-0.25, -0.2) is 0 Å². The zero-order valence-corrected chi connectivity index (χ0v) is 10.7. The number of nitrogens with one attached hydrogen (secondary N) is 1. The monoisotopic (exact) mass is 234 g/mol. The number of hydrogen-bond donors (Lipinski definition) is 3. The maximum absolute atomic E-state index is 11.5. The molecule has 1 amide bonds. The van der Waals surface area contributed by atoms with Gasteiger partial charge in [0, 0.05) is 23.3 Å². The first-order chi connectivity index (χ1) is 6.80. The van der Waals surface area contributed by atoms with Crippen LogP contribution in [-0.4, -0.2) is 40.7 Å². The molecule has 0 radical (unpaired) electrons. The van der Waals surface area contributed by atoms with Gasteiger partial charge in [0.1, 0.15) is 0 Å². The fourth-order valence-corrected chi connectivity index (χ4v) is 1.87. The van der Waals surface area contributed by atoms with Crippen molar-refractivity contribution in [2.45, 2.75) is 44.0 Å². The molecule has 0 fully saturated rings. The molecule has 15 heavy (non-hydrogen) atoms. The molecule has 4 nitrogen and oxygen atoms in total. The second-order valence-electron chi connectivity index (χ2n) is 4.48. The first-order valence-corrected chi connectivity index (χ1v) is 6.31. The average molecular weight is 234 g/mol. The van der Waals surface area contributed by atoms with Gasteiger partial charge < -0.3 is 16.2 Å². The minimum absolute atomic E-state index is 0.0369. The van der Waals surface area contributed by atoms with Gasteiger partial charge in [0.05, 0.1) is 6.61 Å². The van der Waals surface area contributed by atoms with Crippen LogP contribution in [0.3, 0.4) is 0 Å². The number of carbonyl (C=O) groups excluding carboxylic acids is 1. The van der Waals surface area contributed by atoms with Crippen LogP contribution in [0.25, 0.3) is 0 Å². The van der Waals surface area contributed by atoms with E-state index in [1.54, 1.807) is 11.8 Å². The van der Waals surface area contributed by atoms with Crippen molar-refractivity contribution < 1.29 is 9.90 Å². The van der Waals surface area contributed by atoms with Gasteiger partial charge in [-0.05, 0) is 27.0 Å². The molecule has 0 aromatic carbocycles. The molecule has 0 spiro atoms. The van der Waals surface area contributed by atoms with E-state index in [0.717, 1.165) is 0 Å². The largest absolute Gasteiger partial charge is 0.395 e. The third kappa shape index (κ3) is 6.76. The molecule has 0 aliphatic rings. The molecule has 0 aromatic heterocycles. The molecule has 2 atom stereocenters. The van der Waals surface area contributed by atoms with Crippen LogP contribution in [0.15, 0.2) is 0 Å². The summed E-state index contributed by atoms with van der Waals surface area (Å²) in [5.74, 6) is -0.0671. The topological polar surface area (TPSA) is 75.3 Å². The van der Waals surface area contributed by atoms with Crippen LogP contribution in [0.5, 0.6) is 0 Å². The molecule has 0 aromatic rings. The minimum atomic E-state index is -0.488. The zero-order valence-electron chi connectivity index (χ0n) is 9.91. The van der Waals surface area contributed by atoms with Crippen molar-refractivity contribution in [2.75, 3.05) is 12.9 Å². The quantitative estimate of drug-likeness (QED) is 0.619. The summed E-state index contributed by atoms with van der Waals surface area (Å²) in [6.07, 6.45) is 2.21. The normalized spacial score (nSPS) is 15.9. The number of carbonyl (C=O) groups is 1. The van der Waals surface area contributed by atoms with Crippen molar-refractivity contribution in [1.82, 2.24) is 5.32 Å². The summed E-state index contributed by atoms with van der Waals surface area (Å²) in [7, 11) is 0. The van der Waals surface area contributed by atoms with E-state index in [-0.39, 0.29) is 23.8 Å². The molecule has 5 heteroatoms. The highest BCUT2D eigenvalue weighted by Crippen LogP contribution is 2.11. The third-order valence-corrected chi connectivity index (χ3v) is 3.21. The lowest BCUT2D eigenvalue weighted by Gasteiger charge is -2.24. The second kappa shape index (κ2) is 6.35. The van der Waals surface area contributed by atoms with E-state index in [4.69, 9.17) is 10.8 Å². The van der Waals surface area contributed by atoms with Gasteiger partial charge in [0.2, 0.25) is 5.91 Å². The molecule has 0 aliphatic heterocycles. The summed E-state index contributed by atoms with van der Waals surface area (Å²) in [6, 6.07) is -0.0418. The SMILES string of the molecule is CSC(CO)C(C)NC(=O)CC(C)(C)N. The Kier molecular flexibility index (Phi) is 6.24. The first kappa shape index (κ1) is 14.7. The van der Waals surface area contributed by atoms with E-state index in [1.807, 2.05) is 27.0 Å². The van der Waals surface area contributed by atoms with Gasteiger partial charge in [-0.3, -0.25) is 4.79 Å². The zero-order chi connectivity index (χ0) is 12.1. The maximum atomic E-state index is 11.5. The van der Waals surface area contributed by atoms with Crippen LogP contribution in [-0.2, 0) is 4.79 Å². The maximum Gasteiger partial charge on any atom is 0.222 e. The summed E-state index contributed by atoms with van der Waals surface area (Å²) in [5, 5.41) is 11.9. The Labute approximate surface area is 96.0 Å². The Morgan fingerprint density at radius 3 is 2.47 bits per heavy atom. The van der Waals surface area contributed by atoms with Crippen LogP contribution >= 0.6 is 11.8 Å². The highest BCUT2D eigenvalue weighted by atomic mass is 32.2. The molecular weight excluding hydrogens is 212 g/mol. The van der Waals surface area contributed by atoms with Crippen molar-refractivity contribution in [3.8, 4) is 0 Å². The number of rotatable bonds is 6. The lowest BCUT2D eigenvalue weighted by molar-refractivity contribution is -0.122. The highest BCUT2D eigenvalue weighted by molar-refractivity contribution is 7.99. The number of hydrogen-bond acceptors (Lipinski definition) is 4. The lowest BCUT2D eigenvalue weighted by atomic mass is 10.0. The van der Waals surface area contributed by atoms with Gasteiger partial charge in [-0.2, -0.15) is 11.8 Å². The summed E-state index contributed by atoms with van der Waals surface area (Å²) in [4.78, 5) is 11.5. The van der Waals surface area contributed by atoms with Crippen molar-refractivity contribution in [3.63, 3.8) is 0 Å². The minimum Gasteiger partial charge on any atom is -0.395 e. The molecule has 0 bridgehead atoms. The van der Waals surface area contributed by atoms with Crippen LogP contribution in [0.4, 0.5) is 0 Å². The smallest absolute Gasteiger partial charge is 0.222 e. The van der Waals surface area contributed by atoms with Crippen LogP contribution in [0.2, 0.25) is 0 Å². The Morgan fingerprint density at radius 2 is 2.13 bits per heavy atom. The molecule has 2 unspecified atom stereocenters. The first-order valence-electron chi connectivity index (χ1n) is 5.02. The van der Waals surface area contributed by atoms with Gasteiger partial charge in [0.25, 0.3) is 0 Å². The van der Waals surface area contributed by atoms with Gasteiger partial charge in [-0.1, -0.05) is 0 Å². The van der Waals surface area contributed by atoms with E-state index >= 15 is 0 Å². The average Bonchev–Trinajstić information content (AvgIpc) is 2.02. The van der Waals surface area contributed by atoms with Crippen LogP contribution in [0.1, 0.15) is 27.2 Å². The lowest BCUT2D eigenvalue weighted by Crippen LogP contribution is -2.45. The Hall–Kier alpha value is -0.260. The Bertz CT molecular complexity index is 200. The summed E-state index contributed by atoms with van der Waals surface area (Å²) in [5.41, 5.74) is 5.25. The predicted octanol–water partition coefficient (Wildman–Crippen LogP) is 0.342. The fourth-order valence-electron chi connectivity index (χ4n) is 1.25. The Balaban J connectivity index is 4.06. The van der Waals surface area contributed by atoms with Crippen molar-refractivity contribution >= 4 is 17.7 Å². The third-order valence-electron chi connectivity index (χ3n) is 2.05. The number of thioether (sulfide) groups is 1. The van der Waals surface area contributed by atoms with Gasteiger partial charge in [0.15, 0.2) is 0 Å². The molecule has 0 saturated heterocycles. The molecule has 0 saturated carbocycles. The van der Waals surface area contributed by atoms with Gasteiger partial charge >= 0.3 is 0 Å². The fraction of sp³-hybridized carbons (Fsp3) is 0.900. The van der Waals surface area contributed by atoms with Crippen molar-refractivity contribution in [3.05, 3.63) is 0 Å². The van der Waals surface area contributed by atoms with Gasteiger partial charge in [-0.15, -0.1) is 0 Å². The van der Waals surface area contributed by atoms with E-state index in [0.29, 0.717) is 6.42 Å². The standard InChI is InChI=1S/C10H22N2O2S/c1-7(8(6-13)15-4)12-9(14)5-10(2,3)11/h7-8,13H,5-6,11H2,1-4H3,(H,12,14). The van der Waals surface area contributed by atoms with Crippen LogP contribution < -0.4 is 11.1 Å². The molecule has 0 aliphatic carbocycles. The van der Waals surface area contributed by atoms with E-state index < -0.39 is 5.54 Å². The summed E-state index contributed by atoms with van der Waals surface area (Å²) < 4.78 is 0. The number of aliphatic hydroxyl groups is 1. The molecule has 0 heterocycles. The van der Waals surface area contributed by atoms with Crippen molar-refractivity contribution in [1.29, 1.82) is 0 Å². The molecule has 4 N–H and O–H groups in total. The highest BCUT2D eigenvalue weighted by Gasteiger charge is 2.21. The van der Waals surface area contributed by atoms with Crippen molar-refractivity contribution in [2.24, 2.45) is 5.73 Å². The Morgan fingerprint density at radius 1 is 1.60 bits per heavy atom. The van der Waals surface area contributed by atoms with E-state index in [2.05, 4.69) is 5.32 Å².